The van der Waals surface area contributed by atoms with Crippen LogP contribution in [0.5, 0.6) is 0 Å². The second-order valence-corrected chi connectivity index (χ2v) is 5.25. The number of hydrogen-bond donors (Lipinski definition) is 3. The Bertz CT molecular complexity index is 565. The van der Waals surface area contributed by atoms with E-state index in [1.165, 1.54) is 0 Å². The van der Waals surface area contributed by atoms with E-state index in [0.29, 0.717) is 24.8 Å². The van der Waals surface area contributed by atoms with Gasteiger partial charge in [-0.3, -0.25) is 9.79 Å². The topological polar surface area (TPSA) is 78.4 Å². The monoisotopic (exact) mass is 429 g/mol. The minimum atomic E-state index is -0.0661. The smallest absolute Gasteiger partial charge is 0.227 e. The standard InChI is InChI=1S/C16H23N5O.HI/c1-12-6-5-9-14(19-12)21-15(22)10-11-18-16(17-2)20-13-7-3-4-8-13;/h3-6,9,13H,7-8,10-11H2,1-2H3,(H2,17,18,20)(H,19,21,22);1H. The number of nitrogens with zero attached hydrogens (tertiary/aromatic N) is 2. The maximum absolute atomic E-state index is 11.9. The third kappa shape index (κ3) is 6.98. The predicted octanol–water partition coefficient (Wildman–Crippen LogP) is 2.22. The van der Waals surface area contributed by atoms with Gasteiger partial charge in [0.05, 0.1) is 0 Å². The summed E-state index contributed by atoms with van der Waals surface area (Å²) in [5.74, 6) is 1.25. The Balaban J connectivity index is 0.00000264. The molecule has 0 saturated heterocycles. The highest BCUT2D eigenvalue weighted by atomic mass is 127. The second-order valence-electron chi connectivity index (χ2n) is 5.25. The molecule has 1 aromatic rings. The first-order valence-electron chi connectivity index (χ1n) is 7.53. The highest BCUT2D eigenvalue weighted by Crippen LogP contribution is 2.08. The summed E-state index contributed by atoms with van der Waals surface area (Å²) in [4.78, 5) is 20.3. The molecule has 1 amide bonds. The van der Waals surface area contributed by atoms with Crippen LogP contribution in [0.25, 0.3) is 0 Å². The quantitative estimate of drug-likeness (QED) is 0.290. The Hall–Kier alpha value is -1.64. The number of carbonyl (C=O) groups is 1. The second kappa shape index (κ2) is 10.2. The van der Waals surface area contributed by atoms with Gasteiger partial charge >= 0.3 is 0 Å². The van der Waals surface area contributed by atoms with Crippen molar-refractivity contribution in [2.45, 2.75) is 32.2 Å². The van der Waals surface area contributed by atoms with Gasteiger partial charge in [0.15, 0.2) is 5.96 Å². The fraction of sp³-hybridized carbons (Fsp3) is 0.438. The largest absolute Gasteiger partial charge is 0.356 e. The van der Waals surface area contributed by atoms with E-state index in [1.807, 2.05) is 19.1 Å². The van der Waals surface area contributed by atoms with Gasteiger partial charge < -0.3 is 16.0 Å². The van der Waals surface area contributed by atoms with E-state index in [2.05, 4.69) is 38.1 Å². The summed E-state index contributed by atoms with van der Waals surface area (Å²) in [5, 5.41) is 9.27. The van der Waals surface area contributed by atoms with Crippen molar-refractivity contribution in [1.29, 1.82) is 0 Å². The fourth-order valence-electron chi connectivity index (χ4n) is 2.24. The first-order valence-corrected chi connectivity index (χ1v) is 7.53. The zero-order chi connectivity index (χ0) is 15.8. The van der Waals surface area contributed by atoms with E-state index in [9.17, 15) is 4.79 Å². The van der Waals surface area contributed by atoms with Crippen molar-refractivity contribution in [3.05, 3.63) is 36.0 Å². The van der Waals surface area contributed by atoms with Crippen molar-refractivity contribution in [1.82, 2.24) is 15.6 Å². The van der Waals surface area contributed by atoms with Gasteiger partial charge in [0.2, 0.25) is 5.91 Å². The lowest BCUT2D eigenvalue weighted by molar-refractivity contribution is -0.116. The van der Waals surface area contributed by atoms with Gasteiger partial charge in [0, 0.05) is 31.7 Å². The lowest BCUT2D eigenvalue weighted by atomic mass is 10.2. The van der Waals surface area contributed by atoms with Crippen LogP contribution in [0.2, 0.25) is 0 Å². The van der Waals surface area contributed by atoms with Gasteiger partial charge in [-0.1, -0.05) is 18.2 Å². The van der Waals surface area contributed by atoms with Crippen molar-refractivity contribution in [3.8, 4) is 0 Å². The van der Waals surface area contributed by atoms with E-state index in [4.69, 9.17) is 0 Å². The Morgan fingerprint density at radius 3 is 2.74 bits per heavy atom. The van der Waals surface area contributed by atoms with Crippen LogP contribution in [0, 0.1) is 6.92 Å². The number of carbonyl (C=O) groups excluding carboxylic acids is 1. The number of guanidine groups is 1. The third-order valence-corrected chi connectivity index (χ3v) is 3.37. The van der Waals surface area contributed by atoms with Gasteiger partial charge in [0.25, 0.3) is 0 Å². The minimum absolute atomic E-state index is 0. The average Bonchev–Trinajstić information content (AvgIpc) is 2.99. The molecular formula is C16H24IN5O. The number of aliphatic imine (C=N–C) groups is 1. The first-order chi connectivity index (χ1) is 10.7. The van der Waals surface area contributed by atoms with Gasteiger partial charge in [0.1, 0.15) is 5.82 Å². The van der Waals surface area contributed by atoms with Crippen LogP contribution in [0.1, 0.15) is 25.0 Å². The molecule has 3 N–H and O–H groups in total. The van der Waals surface area contributed by atoms with Crippen LogP contribution >= 0.6 is 24.0 Å². The van der Waals surface area contributed by atoms with Crippen LogP contribution in [0.4, 0.5) is 5.82 Å². The Kier molecular flexibility index (Phi) is 8.60. The van der Waals surface area contributed by atoms with Gasteiger partial charge in [-0.2, -0.15) is 0 Å². The third-order valence-electron chi connectivity index (χ3n) is 3.37. The number of rotatable bonds is 5. The van der Waals surface area contributed by atoms with E-state index < -0.39 is 0 Å². The Morgan fingerprint density at radius 2 is 2.09 bits per heavy atom. The molecule has 0 radical (unpaired) electrons. The van der Waals surface area contributed by atoms with Crippen LogP contribution in [0.15, 0.2) is 35.3 Å². The summed E-state index contributed by atoms with van der Waals surface area (Å²) in [7, 11) is 1.73. The lowest BCUT2D eigenvalue weighted by Crippen LogP contribution is -2.43. The summed E-state index contributed by atoms with van der Waals surface area (Å²) in [6, 6.07) is 5.95. The summed E-state index contributed by atoms with van der Waals surface area (Å²) in [6.07, 6.45) is 6.71. The van der Waals surface area contributed by atoms with Crippen LogP contribution in [0.3, 0.4) is 0 Å². The predicted molar refractivity (Wildman–Crippen MR) is 104 cm³/mol. The molecule has 23 heavy (non-hydrogen) atoms. The molecule has 0 atom stereocenters. The summed E-state index contributed by atoms with van der Waals surface area (Å²) >= 11 is 0. The maximum Gasteiger partial charge on any atom is 0.227 e. The fourth-order valence-corrected chi connectivity index (χ4v) is 2.24. The Labute approximate surface area is 154 Å². The number of amides is 1. The molecule has 0 bridgehead atoms. The molecule has 0 unspecified atom stereocenters. The number of pyridine rings is 1. The van der Waals surface area contributed by atoms with E-state index in [0.717, 1.165) is 24.5 Å². The molecule has 2 rings (SSSR count). The zero-order valence-corrected chi connectivity index (χ0v) is 15.8. The number of nitrogens with one attached hydrogen (secondary N) is 3. The molecule has 1 heterocycles. The Morgan fingerprint density at radius 1 is 1.35 bits per heavy atom. The molecule has 6 nitrogen and oxygen atoms in total. The molecular weight excluding hydrogens is 405 g/mol. The van der Waals surface area contributed by atoms with Gasteiger partial charge in [-0.15, -0.1) is 24.0 Å². The van der Waals surface area contributed by atoms with Crippen molar-refractivity contribution >= 4 is 41.7 Å². The van der Waals surface area contributed by atoms with Gasteiger partial charge in [-0.05, 0) is 31.9 Å². The highest BCUT2D eigenvalue weighted by molar-refractivity contribution is 14.0. The SMILES string of the molecule is CN=C(NCCC(=O)Nc1cccc(C)n1)NC1CC=CC1.I. The van der Waals surface area contributed by atoms with Crippen molar-refractivity contribution in [2.75, 3.05) is 18.9 Å². The molecule has 0 fully saturated rings. The number of aromatic nitrogens is 1. The first kappa shape index (κ1) is 19.4. The molecule has 0 aliphatic heterocycles. The summed E-state index contributed by atoms with van der Waals surface area (Å²) in [6.45, 7) is 2.42. The van der Waals surface area contributed by atoms with Crippen molar-refractivity contribution < 1.29 is 4.79 Å². The van der Waals surface area contributed by atoms with E-state index in [1.54, 1.807) is 13.1 Å². The van der Waals surface area contributed by atoms with Crippen LogP contribution < -0.4 is 16.0 Å². The summed E-state index contributed by atoms with van der Waals surface area (Å²) < 4.78 is 0. The molecule has 7 heteroatoms. The number of halogens is 1. The van der Waals surface area contributed by atoms with Crippen LogP contribution in [-0.2, 0) is 4.79 Å². The number of hydrogen-bond acceptors (Lipinski definition) is 3. The molecule has 0 aromatic carbocycles. The average molecular weight is 429 g/mol. The zero-order valence-electron chi connectivity index (χ0n) is 13.5. The minimum Gasteiger partial charge on any atom is -0.356 e. The molecule has 1 aliphatic rings. The number of aryl methyl sites for hydroxylation is 1. The summed E-state index contributed by atoms with van der Waals surface area (Å²) in [5.41, 5.74) is 0.880. The lowest BCUT2D eigenvalue weighted by Gasteiger charge is -2.16. The maximum atomic E-state index is 11.9. The molecule has 0 spiro atoms. The van der Waals surface area contributed by atoms with E-state index in [-0.39, 0.29) is 29.9 Å². The van der Waals surface area contributed by atoms with E-state index >= 15 is 0 Å². The van der Waals surface area contributed by atoms with Crippen LogP contribution in [-0.4, -0.2) is 36.5 Å². The van der Waals surface area contributed by atoms with Crippen molar-refractivity contribution in [2.24, 2.45) is 4.99 Å². The molecule has 1 aliphatic carbocycles. The number of anilines is 1. The van der Waals surface area contributed by atoms with Gasteiger partial charge in [-0.25, -0.2) is 4.98 Å². The molecule has 0 saturated carbocycles. The highest BCUT2D eigenvalue weighted by Gasteiger charge is 2.11. The molecule has 1 aromatic heterocycles. The van der Waals surface area contributed by atoms with Crippen molar-refractivity contribution in [3.63, 3.8) is 0 Å². The molecule has 126 valence electrons. The normalized spacial score (nSPS) is 14.3.